The monoisotopic (exact) mass is 230 g/mol. The fourth-order valence-corrected chi connectivity index (χ4v) is 0.723. The van der Waals surface area contributed by atoms with Crippen LogP contribution in [0.3, 0.4) is 0 Å². The van der Waals surface area contributed by atoms with E-state index in [-0.39, 0.29) is 6.61 Å². The van der Waals surface area contributed by atoms with Crippen LogP contribution in [0.2, 0.25) is 0 Å². The fraction of sp³-hybridized carbons (Fsp3) is 0.600. The third-order valence-electron chi connectivity index (χ3n) is 1.28. The summed E-state index contributed by atoms with van der Waals surface area (Å²) in [6.45, 7) is 8.58. The first-order valence-corrected chi connectivity index (χ1v) is 4.78. The van der Waals surface area contributed by atoms with Crippen molar-refractivity contribution in [1.29, 1.82) is 0 Å². The normalized spacial score (nSPS) is 12.8. The van der Waals surface area contributed by atoms with Gasteiger partial charge in [0.1, 0.15) is 5.60 Å². The molecule has 0 bridgehead atoms. The van der Waals surface area contributed by atoms with Gasteiger partial charge in [-0.05, 0) is 20.8 Å². The maximum absolute atomic E-state index is 11.2. The van der Waals surface area contributed by atoms with Crippen molar-refractivity contribution in [2.45, 2.75) is 32.6 Å². The van der Waals surface area contributed by atoms with E-state index in [1.54, 1.807) is 20.8 Å². The molecule has 1 atom stereocenters. The molecule has 0 aromatic carbocycles. The quantitative estimate of drug-likeness (QED) is 0.543. The molecule has 0 rings (SSSR count). The van der Waals surface area contributed by atoms with Crippen LogP contribution in [0.4, 0.5) is 4.79 Å². The third-order valence-corrected chi connectivity index (χ3v) is 1.28. The predicted octanol–water partition coefficient (Wildman–Crippen LogP) is 0.525. The first kappa shape index (κ1) is 14.6. The van der Waals surface area contributed by atoms with Gasteiger partial charge in [-0.1, -0.05) is 6.08 Å². The predicted molar refractivity (Wildman–Crippen MR) is 58.5 cm³/mol. The molecule has 16 heavy (non-hydrogen) atoms. The second-order valence-corrected chi connectivity index (χ2v) is 4.03. The molecular formula is C10H18N2O4. The van der Waals surface area contributed by atoms with Crippen molar-refractivity contribution in [1.82, 2.24) is 5.32 Å². The van der Waals surface area contributed by atoms with Crippen LogP contribution in [-0.2, 0) is 14.3 Å². The first-order chi connectivity index (χ1) is 7.26. The largest absolute Gasteiger partial charge is 0.444 e. The Bertz CT molecular complexity index is 270. The van der Waals surface area contributed by atoms with Crippen LogP contribution in [0.1, 0.15) is 20.8 Å². The lowest BCUT2D eigenvalue weighted by molar-refractivity contribution is -0.131. The number of nitrogens with one attached hydrogen (secondary N) is 1. The van der Waals surface area contributed by atoms with E-state index in [1.807, 2.05) is 5.32 Å². The van der Waals surface area contributed by atoms with Crippen molar-refractivity contribution in [3.05, 3.63) is 12.7 Å². The minimum absolute atomic E-state index is 0.128. The Balaban J connectivity index is 4.04. The second-order valence-electron chi connectivity index (χ2n) is 4.03. The van der Waals surface area contributed by atoms with Crippen molar-refractivity contribution in [2.75, 3.05) is 6.61 Å². The number of carbonyl (C=O) groups excluding carboxylic acids is 2. The summed E-state index contributed by atoms with van der Waals surface area (Å²) >= 11 is 0. The molecule has 0 aromatic rings. The van der Waals surface area contributed by atoms with E-state index in [9.17, 15) is 9.59 Å². The molecule has 0 saturated heterocycles. The van der Waals surface area contributed by atoms with Crippen molar-refractivity contribution in [3.63, 3.8) is 0 Å². The summed E-state index contributed by atoms with van der Waals surface area (Å²) in [4.78, 5) is 22.4. The average molecular weight is 230 g/mol. The molecule has 92 valence electrons. The summed E-state index contributed by atoms with van der Waals surface area (Å²) in [5, 5.41) is 1.96. The summed E-state index contributed by atoms with van der Waals surface area (Å²) in [5.41, 5.74) is 4.66. The van der Waals surface area contributed by atoms with Crippen LogP contribution in [0, 0.1) is 0 Å². The maximum atomic E-state index is 11.2. The Hall–Kier alpha value is -1.40. The van der Waals surface area contributed by atoms with E-state index in [4.69, 9.17) is 15.2 Å². The fourth-order valence-electron chi connectivity index (χ4n) is 0.723. The smallest absolute Gasteiger partial charge is 0.414 e. The Morgan fingerprint density at radius 1 is 1.50 bits per heavy atom. The lowest BCUT2D eigenvalue weighted by Crippen LogP contribution is -2.46. The lowest BCUT2D eigenvalue weighted by atomic mass is 10.2. The maximum Gasteiger partial charge on any atom is 0.414 e. The SMILES string of the molecule is C=CCOC(N)C(=O)NC(=O)OC(C)(C)C. The molecule has 3 N–H and O–H groups in total. The number of carbonyl (C=O) groups is 2. The summed E-state index contributed by atoms with van der Waals surface area (Å²) in [7, 11) is 0. The summed E-state index contributed by atoms with van der Waals surface area (Å²) in [5.74, 6) is -0.754. The third kappa shape index (κ3) is 6.97. The van der Waals surface area contributed by atoms with Gasteiger partial charge in [0.05, 0.1) is 6.61 Å². The number of hydrogen-bond acceptors (Lipinski definition) is 5. The number of hydrogen-bond donors (Lipinski definition) is 2. The van der Waals surface area contributed by atoms with Gasteiger partial charge in [0, 0.05) is 0 Å². The van der Waals surface area contributed by atoms with Crippen molar-refractivity contribution < 1.29 is 19.1 Å². The lowest BCUT2D eigenvalue weighted by Gasteiger charge is -2.20. The number of nitrogens with two attached hydrogens (primary N) is 1. The molecule has 6 nitrogen and oxygen atoms in total. The molecule has 1 unspecified atom stereocenters. The molecule has 0 heterocycles. The van der Waals surface area contributed by atoms with Crippen LogP contribution >= 0.6 is 0 Å². The van der Waals surface area contributed by atoms with Gasteiger partial charge >= 0.3 is 6.09 Å². The van der Waals surface area contributed by atoms with E-state index >= 15 is 0 Å². The molecule has 0 saturated carbocycles. The zero-order valence-corrected chi connectivity index (χ0v) is 9.78. The summed E-state index contributed by atoms with van der Waals surface area (Å²) in [6.07, 6.45) is -0.624. The molecule has 2 amide bonds. The molecule has 0 fully saturated rings. The zero-order chi connectivity index (χ0) is 12.8. The minimum atomic E-state index is -1.22. The molecule has 0 aromatic heterocycles. The van der Waals surface area contributed by atoms with Crippen LogP contribution in [0.15, 0.2) is 12.7 Å². The van der Waals surface area contributed by atoms with Gasteiger partial charge in [-0.15, -0.1) is 6.58 Å². The van der Waals surface area contributed by atoms with Crippen LogP contribution in [0.5, 0.6) is 0 Å². The molecule has 0 aliphatic rings. The first-order valence-electron chi connectivity index (χ1n) is 4.78. The molecule has 0 aliphatic carbocycles. The summed E-state index contributed by atoms with van der Waals surface area (Å²) < 4.78 is 9.68. The number of amides is 2. The number of ether oxygens (including phenoxy) is 2. The van der Waals surface area contributed by atoms with E-state index in [0.29, 0.717) is 0 Å². The Morgan fingerprint density at radius 2 is 2.06 bits per heavy atom. The highest BCUT2D eigenvalue weighted by Gasteiger charge is 2.21. The average Bonchev–Trinajstić information content (AvgIpc) is 2.10. The Labute approximate surface area is 94.8 Å². The standard InChI is InChI=1S/C10H18N2O4/c1-5-6-15-7(11)8(13)12-9(14)16-10(2,3)4/h5,7H,1,6,11H2,2-4H3,(H,12,13,14). The number of alkyl carbamates (subject to hydrolysis) is 1. The van der Waals surface area contributed by atoms with Gasteiger partial charge in [0.2, 0.25) is 0 Å². The van der Waals surface area contributed by atoms with Gasteiger partial charge in [-0.3, -0.25) is 15.8 Å². The van der Waals surface area contributed by atoms with Gasteiger partial charge in [0.15, 0.2) is 6.23 Å². The van der Waals surface area contributed by atoms with Crippen molar-refractivity contribution in [3.8, 4) is 0 Å². The van der Waals surface area contributed by atoms with Crippen LogP contribution in [0.25, 0.3) is 0 Å². The van der Waals surface area contributed by atoms with Crippen LogP contribution in [-0.4, -0.2) is 30.4 Å². The topological polar surface area (TPSA) is 90.6 Å². The minimum Gasteiger partial charge on any atom is -0.444 e. The summed E-state index contributed by atoms with van der Waals surface area (Å²) in [6, 6.07) is 0. The van der Waals surface area contributed by atoms with Crippen molar-refractivity contribution >= 4 is 12.0 Å². The highest BCUT2D eigenvalue weighted by molar-refractivity contribution is 5.94. The van der Waals surface area contributed by atoms with E-state index in [1.165, 1.54) is 6.08 Å². The number of imide groups is 1. The van der Waals surface area contributed by atoms with E-state index in [2.05, 4.69) is 6.58 Å². The zero-order valence-electron chi connectivity index (χ0n) is 9.78. The molecular weight excluding hydrogens is 212 g/mol. The second kappa shape index (κ2) is 6.24. The van der Waals surface area contributed by atoms with Crippen molar-refractivity contribution in [2.24, 2.45) is 5.73 Å². The number of rotatable bonds is 4. The van der Waals surface area contributed by atoms with Gasteiger partial charge in [-0.25, -0.2) is 4.79 Å². The highest BCUT2D eigenvalue weighted by Crippen LogP contribution is 2.06. The van der Waals surface area contributed by atoms with E-state index < -0.39 is 23.8 Å². The van der Waals surface area contributed by atoms with Gasteiger partial charge in [0.25, 0.3) is 5.91 Å². The van der Waals surface area contributed by atoms with Gasteiger partial charge in [-0.2, -0.15) is 0 Å². The highest BCUT2D eigenvalue weighted by atomic mass is 16.6. The molecule has 0 radical (unpaired) electrons. The molecule has 0 aliphatic heterocycles. The Morgan fingerprint density at radius 3 is 2.50 bits per heavy atom. The molecule has 6 heteroatoms. The Kier molecular flexibility index (Phi) is 5.69. The van der Waals surface area contributed by atoms with Crippen LogP contribution < -0.4 is 11.1 Å². The van der Waals surface area contributed by atoms with E-state index in [0.717, 1.165) is 0 Å². The van der Waals surface area contributed by atoms with Gasteiger partial charge < -0.3 is 9.47 Å². The molecule has 0 spiro atoms.